The van der Waals surface area contributed by atoms with E-state index in [0.29, 0.717) is 0 Å². The fourth-order valence-corrected chi connectivity index (χ4v) is 0.776. The fraction of sp³-hybridized carbons (Fsp3) is 0.400. The Kier molecular flexibility index (Phi) is 5.85. The second-order valence-corrected chi connectivity index (χ2v) is 2.38. The van der Waals surface area contributed by atoms with Crippen molar-refractivity contribution in [3.05, 3.63) is 36.5 Å². The van der Waals surface area contributed by atoms with Crippen LogP contribution in [0.1, 0.15) is 26.7 Å². The van der Waals surface area contributed by atoms with E-state index < -0.39 is 0 Å². The van der Waals surface area contributed by atoms with Crippen LogP contribution in [0.5, 0.6) is 0 Å². The van der Waals surface area contributed by atoms with Crippen molar-refractivity contribution in [3.63, 3.8) is 0 Å². The standard InChI is InChI=1S/C10H16/c1-4-6-7-9-10(3)8-5-2/h4,6-7,9H,1,5,8H2,2-3H3. The summed E-state index contributed by atoms with van der Waals surface area (Å²) in [6.45, 7) is 7.93. The molecule has 56 valence electrons. The van der Waals surface area contributed by atoms with Crippen LogP contribution in [0.25, 0.3) is 0 Å². The quantitative estimate of drug-likeness (QED) is 0.519. The Bertz CT molecular complexity index is 138. The van der Waals surface area contributed by atoms with Gasteiger partial charge in [-0.15, -0.1) is 0 Å². The molecule has 0 N–H and O–H groups in total. The van der Waals surface area contributed by atoms with Gasteiger partial charge < -0.3 is 0 Å². The molecule has 0 aliphatic heterocycles. The minimum Gasteiger partial charge on any atom is -0.0991 e. The van der Waals surface area contributed by atoms with Gasteiger partial charge in [-0.3, -0.25) is 0 Å². The summed E-state index contributed by atoms with van der Waals surface area (Å²) in [5.74, 6) is 0. The molecule has 0 nitrogen and oxygen atoms in total. The fourth-order valence-electron chi connectivity index (χ4n) is 0.776. The molecule has 0 amide bonds. The summed E-state index contributed by atoms with van der Waals surface area (Å²) in [7, 11) is 0. The van der Waals surface area contributed by atoms with E-state index >= 15 is 0 Å². The Morgan fingerprint density at radius 1 is 1.40 bits per heavy atom. The van der Waals surface area contributed by atoms with Crippen LogP contribution >= 0.6 is 0 Å². The first kappa shape index (κ1) is 9.22. The number of hydrogen-bond acceptors (Lipinski definition) is 0. The summed E-state index contributed by atoms with van der Waals surface area (Å²) >= 11 is 0. The molecule has 0 aromatic rings. The van der Waals surface area contributed by atoms with Gasteiger partial charge in [-0.25, -0.2) is 0 Å². The van der Waals surface area contributed by atoms with Crippen LogP contribution in [0.15, 0.2) is 36.5 Å². The zero-order valence-electron chi connectivity index (χ0n) is 6.93. The largest absolute Gasteiger partial charge is 0.0991 e. The van der Waals surface area contributed by atoms with Crippen molar-refractivity contribution >= 4 is 0 Å². The van der Waals surface area contributed by atoms with Gasteiger partial charge in [0, 0.05) is 0 Å². The van der Waals surface area contributed by atoms with Gasteiger partial charge in [0.1, 0.15) is 0 Å². The van der Waals surface area contributed by atoms with E-state index in [1.165, 1.54) is 18.4 Å². The van der Waals surface area contributed by atoms with Crippen LogP contribution in [0, 0.1) is 0 Å². The second kappa shape index (κ2) is 6.34. The summed E-state index contributed by atoms with van der Waals surface area (Å²) in [5.41, 5.74) is 1.43. The van der Waals surface area contributed by atoms with Gasteiger partial charge in [-0.05, 0) is 13.3 Å². The highest BCUT2D eigenvalue weighted by Crippen LogP contribution is 2.02. The third-order valence-corrected chi connectivity index (χ3v) is 1.27. The van der Waals surface area contributed by atoms with E-state index in [-0.39, 0.29) is 0 Å². The molecule has 0 fully saturated rings. The molecular weight excluding hydrogens is 120 g/mol. The number of rotatable bonds is 4. The summed E-state index contributed by atoms with van der Waals surface area (Å²) < 4.78 is 0. The van der Waals surface area contributed by atoms with Crippen LogP contribution in [-0.2, 0) is 0 Å². The molecule has 0 saturated carbocycles. The first-order chi connectivity index (χ1) is 4.81. The van der Waals surface area contributed by atoms with Crippen LogP contribution in [0.3, 0.4) is 0 Å². The molecule has 0 aliphatic carbocycles. The van der Waals surface area contributed by atoms with Crippen molar-refractivity contribution in [2.45, 2.75) is 26.7 Å². The van der Waals surface area contributed by atoms with E-state index in [1.54, 1.807) is 6.08 Å². The highest BCUT2D eigenvalue weighted by atomic mass is 13.9. The third-order valence-electron chi connectivity index (χ3n) is 1.27. The van der Waals surface area contributed by atoms with Gasteiger partial charge in [0.05, 0.1) is 0 Å². The molecule has 0 aromatic heterocycles. The van der Waals surface area contributed by atoms with Crippen molar-refractivity contribution < 1.29 is 0 Å². The number of hydrogen-bond donors (Lipinski definition) is 0. The molecule has 0 unspecified atom stereocenters. The molecule has 0 atom stereocenters. The van der Waals surface area contributed by atoms with Crippen LogP contribution in [-0.4, -0.2) is 0 Å². The molecular formula is C10H16. The maximum absolute atomic E-state index is 3.59. The van der Waals surface area contributed by atoms with Crippen molar-refractivity contribution in [1.82, 2.24) is 0 Å². The Morgan fingerprint density at radius 3 is 2.60 bits per heavy atom. The summed E-state index contributed by atoms with van der Waals surface area (Å²) in [6.07, 6.45) is 10.3. The zero-order valence-corrected chi connectivity index (χ0v) is 6.93. The molecule has 0 heteroatoms. The first-order valence-electron chi connectivity index (χ1n) is 3.76. The lowest BCUT2D eigenvalue weighted by atomic mass is 10.1. The van der Waals surface area contributed by atoms with Gasteiger partial charge in [-0.1, -0.05) is 49.8 Å². The molecule has 0 spiro atoms. The van der Waals surface area contributed by atoms with Crippen LogP contribution in [0.4, 0.5) is 0 Å². The minimum absolute atomic E-state index is 1.20. The predicted molar refractivity (Wildman–Crippen MR) is 48.0 cm³/mol. The SMILES string of the molecule is C=CC=CC=C(C)CCC. The highest BCUT2D eigenvalue weighted by molar-refractivity contribution is 5.13. The maximum atomic E-state index is 3.59. The lowest BCUT2D eigenvalue weighted by molar-refractivity contribution is 0.906. The summed E-state index contributed by atoms with van der Waals surface area (Å²) in [5, 5.41) is 0. The number of allylic oxidation sites excluding steroid dienone is 5. The van der Waals surface area contributed by atoms with E-state index in [2.05, 4.69) is 26.5 Å². The van der Waals surface area contributed by atoms with Gasteiger partial charge in [0.2, 0.25) is 0 Å². The van der Waals surface area contributed by atoms with Crippen molar-refractivity contribution in [2.75, 3.05) is 0 Å². The lowest BCUT2D eigenvalue weighted by Gasteiger charge is -1.92. The Balaban J connectivity index is 3.67. The highest BCUT2D eigenvalue weighted by Gasteiger charge is 1.81. The van der Waals surface area contributed by atoms with Crippen molar-refractivity contribution in [2.24, 2.45) is 0 Å². The van der Waals surface area contributed by atoms with Crippen molar-refractivity contribution in [1.29, 1.82) is 0 Å². The minimum atomic E-state index is 1.20. The summed E-state index contributed by atoms with van der Waals surface area (Å²) in [6, 6.07) is 0. The van der Waals surface area contributed by atoms with Gasteiger partial charge in [0.25, 0.3) is 0 Å². The molecule has 0 rings (SSSR count). The van der Waals surface area contributed by atoms with E-state index in [4.69, 9.17) is 0 Å². The van der Waals surface area contributed by atoms with Gasteiger partial charge in [-0.2, -0.15) is 0 Å². The Hall–Kier alpha value is -0.780. The van der Waals surface area contributed by atoms with Gasteiger partial charge >= 0.3 is 0 Å². The second-order valence-electron chi connectivity index (χ2n) is 2.38. The molecule has 0 aromatic carbocycles. The molecule has 0 aliphatic rings. The summed E-state index contributed by atoms with van der Waals surface area (Å²) in [4.78, 5) is 0. The smallest absolute Gasteiger partial charge is 0.0323 e. The normalized spacial score (nSPS) is 12.4. The van der Waals surface area contributed by atoms with Crippen LogP contribution < -0.4 is 0 Å². The topological polar surface area (TPSA) is 0 Å². The van der Waals surface area contributed by atoms with Crippen molar-refractivity contribution in [3.8, 4) is 0 Å². The van der Waals surface area contributed by atoms with Gasteiger partial charge in [0.15, 0.2) is 0 Å². The Morgan fingerprint density at radius 2 is 2.10 bits per heavy atom. The monoisotopic (exact) mass is 136 g/mol. The Labute approximate surface area is 64.0 Å². The molecule has 0 radical (unpaired) electrons. The zero-order chi connectivity index (χ0) is 7.82. The third kappa shape index (κ3) is 5.36. The molecule has 0 bridgehead atoms. The average Bonchev–Trinajstić information content (AvgIpc) is 1.89. The van der Waals surface area contributed by atoms with E-state index in [0.717, 1.165) is 0 Å². The molecule has 10 heavy (non-hydrogen) atoms. The van der Waals surface area contributed by atoms with E-state index in [9.17, 15) is 0 Å². The maximum Gasteiger partial charge on any atom is -0.0323 e. The average molecular weight is 136 g/mol. The predicted octanol–water partition coefficient (Wildman–Crippen LogP) is 3.48. The van der Waals surface area contributed by atoms with E-state index in [1.807, 2.05) is 12.2 Å². The first-order valence-corrected chi connectivity index (χ1v) is 3.76. The van der Waals surface area contributed by atoms with Crippen LogP contribution in [0.2, 0.25) is 0 Å². The molecule has 0 heterocycles. The molecule has 0 saturated heterocycles. The lowest BCUT2D eigenvalue weighted by Crippen LogP contribution is -1.71.